The normalized spacial score (nSPS) is 10.2. The van der Waals surface area contributed by atoms with Crippen molar-refractivity contribution in [2.24, 2.45) is 0 Å². The zero-order valence-corrected chi connectivity index (χ0v) is 14.3. The number of carbonyl (C=O) groups is 1. The van der Waals surface area contributed by atoms with Crippen LogP contribution in [0.25, 0.3) is 0 Å². The van der Waals surface area contributed by atoms with E-state index in [-0.39, 0.29) is 5.91 Å². The van der Waals surface area contributed by atoms with Crippen molar-refractivity contribution in [2.45, 2.75) is 0 Å². The lowest BCUT2D eigenvalue weighted by atomic mass is 10.2. The summed E-state index contributed by atoms with van der Waals surface area (Å²) in [4.78, 5) is 12.3. The molecule has 2 rings (SSSR count). The molecule has 6 heteroatoms. The van der Waals surface area contributed by atoms with E-state index in [9.17, 15) is 4.79 Å². The summed E-state index contributed by atoms with van der Waals surface area (Å²) in [6.45, 7) is 0. The van der Waals surface area contributed by atoms with Gasteiger partial charge >= 0.3 is 0 Å². The summed E-state index contributed by atoms with van der Waals surface area (Å²) >= 11 is 12.6. The molecule has 0 radical (unpaired) electrons. The van der Waals surface area contributed by atoms with E-state index in [0.717, 1.165) is 8.95 Å². The molecule has 0 aliphatic rings. The number of halogens is 3. The minimum Gasteiger partial charge on any atom is -0.496 e. The lowest BCUT2D eigenvalue weighted by Crippen LogP contribution is -2.13. The van der Waals surface area contributed by atoms with Crippen LogP contribution in [0, 0.1) is 0 Å². The van der Waals surface area contributed by atoms with Gasteiger partial charge in [-0.3, -0.25) is 4.79 Å². The Morgan fingerprint density at radius 3 is 2.65 bits per heavy atom. The Bertz CT molecular complexity index is 662. The number of amides is 1. The molecule has 0 unspecified atom stereocenters. The highest BCUT2D eigenvalue weighted by molar-refractivity contribution is 9.10. The number of ether oxygens (including phenoxy) is 1. The predicted octanol–water partition coefficient (Wildman–Crippen LogP) is 5.13. The fourth-order valence-electron chi connectivity index (χ4n) is 1.64. The number of nitrogens with one attached hydrogen (secondary N) is 1. The number of rotatable bonds is 3. The highest BCUT2D eigenvalue weighted by Gasteiger charge is 2.14. The fourth-order valence-corrected chi connectivity index (χ4v) is 2.49. The Morgan fingerprint density at radius 2 is 1.95 bits per heavy atom. The molecule has 20 heavy (non-hydrogen) atoms. The lowest BCUT2D eigenvalue weighted by Gasteiger charge is -2.11. The van der Waals surface area contributed by atoms with Gasteiger partial charge in [0.15, 0.2) is 0 Å². The standard InChI is InChI=1S/C14H10Br2ClNO2/c1-20-13-6-8(15)2-4-10(13)14(19)18-12-7-9(17)3-5-11(12)16/h2-7H,1H3,(H,18,19). The summed E-state index contributed by atoms with van der Waals surface area (Å²) < 4.78 is 6.81. The van der Waals surface area contributed by atoms with Crippen LogP contribution >= 0.6 is 43.5 Å². The minimum absolute atomic E-state index is 0.266. The fraction of sp³-hybridized carbons (Fsp3) is 0.0714. The first-order chi connectivity index (χ1) is 9.51. The molecule has 2 aromatic carbocycles. The summed E-state index contributed by atoms with van der Waals surface area (Å²) in [5.74, 6) is 0.229. The van der Waals surface area contributed by atoms with Gasteiger partial charge in [0.1, 0.15) is 5.75 Å². The molecule has 1 N–H and O–H groups in total. The average Bonchev–Trinajstić information content (AvgIpc) is 2.42. The molecule has 3 nitrogen and oxygen atoms in total. The number of benzene rings is 2. The predicted molar refractivity (Wildman–Crippen MR) is 87.8 cm³/mol. The molecule has 0 atom stereocenters. The number of hydrogen-bond acceptors (Lipinski definition) is 2. The van der Waals surface area contributed by atoms with Crippen LogP contribution in [0.4, 0.5) is 5.69 Å². The van der Waals surface area contributed by atoms with Crippen molar-refractivity contribution in [1.29, 1.82) is 0 Å². The van der Waals surface area contributed by atoms with Gasteiger partial charge in [-0.15, -0.1) is 0 Å². The third-order valence-corrected chi connectivity index (χ3v) is 4.00. The van der Waals surface area contributed by atoms with E-state index in [2.05, 4.69) is 37.2 Å². The lowest BCUT2D eigenvalue weighted by molar-refractivity contribution is 0.102. The molecule has 0 spiro atoms. The van der Waals surface area contributed by atoms with E-state index < -0.39 is 0 Å². The molecule has 0 saturated heterocycles. The van der Waals surface area contributed by atoms with Gasteiger partial charge in [0.2, 0.25) is 0 Å². The summed E-state index contributed by atoms with van der Waals surface area (Å²) in [6.07, 6.45) is 0. The van der Waals surface area contributed by atoms with Crippen molar-refractivity contribution >= 4 is 55.1 Å². The minimum atomic E-state index is -0.266. The summed E-state index contributed by atoms with van der Waals surface area (Å²) in [6, 6.07) is 10.4. The molecule has 1 amide bonds. The molecule has 0 aromatic heterocycles. The van der Waals surface area contributed by atoms with E-state index in [1.165, 1.54) is 7.11 Å². The number of methoxy groups -OCH3 is 1. The van der Waals surface area contributed by atoms with Gasteiger partial charge in [0.05, 0.1) is 18.4 Å². The van der Waals surface area contributed by atoms with Crippen LogP contribution in [-0.2, 0) is 0 Å². The van der Waals surface area contributed by atoms with Crippen molar-refractivity contribution in [3.05, 3.63) is 55.9 Å². The molecule has 0 saturated carbocycles. The average molecular weight is 420 g/mol. The molecule has 0 fully saturated rings. The van der Waals surface area contributed by atoms with Crippen molar-refractivity contribution in [3.8, 4) is 5.75 Å². The Balaban J connectivity index is 2.30. The second kappa shape index (κ2) is 6.61. The Hall–Kier alpha value is -1.04. The molecule has 0 heterocycles. The van der Waals surface area contributed by atoms with Gasteiger partial charge in [0, 0.05) is 14.0 Å². The maximum atomic E-state index is 12.3. The molecule has 0 aliphatic heterocycles. The van der Waals surface area contributed by atoms with Crippen molar-refractivity contribution in [3.63, 3.8) is 0 Å². The molecule has 0 aliphatic carbocycles. The quantitative estimate of drug-likeness (QED) is 0.749. The van der Waals surface area contributed by atoms with Crippen molar-refractivity contribution in [2.75, 3.05) is 12.4 Å². The van der Waals surface area contributed by atoms with Gasteiger partial charge in [-0.25, -0.2) is 0 Å². The number of anilines is 1. The summed E-state index contributed by atoms with van der Waals surface area (Å²) in [7, 11) is 1.52. The largest absolute Gasteiger partial charge is 0.496 e. The monoisotopic (exact) mass is 417 g/mol. The van der Waals surface area contributed by atoms with E-state index in [0.29, 0.717) is 22.0 Å². The first kappa shape index (κ1) is 15.4. The van der Waals surface area contributed by atoms with Gasteiger partial charge in [-0.1, -0.05) is 27.5 Å². The van der Waals surface area contributed by atoms with Gasteiger partial charge in [-0.2, -0.15) is 0 Å². The van der Waals surface area contributed by atoms with Crippen LogP contribution in [0.1, 0.15) is 10.4 Å². The first-order valence-corrected chi connectivity index (χ1v) is 7.57. The topological polar surface area (TPSA) is 38.3 Å². The first-order valence-electron chi connectivity index (χ1n) is 5.61. The van der Waals surface area contributed by atoms with Gasteiger partial charge < -0.3 is 10.1 Å². The molecule has 104 valence electrons. The van der Waals surface area contributed by atoms with Crippen molar-refractivity contribution in [1.82, 2.24) is 0 Å². The van der Waals surface area contributed by atoms with Crippen LogP contribution in [0.3, 0.4) is 0 Å². The maximum absolute atomic E-state index is 12.3. The molecular weight excluding hydrogens is 409 g/mol. The SMILES string of the molecule is COc1cc(Br)ccc1C(=O)Nc1cc(Cl)ccc1Br. The maximum Gasteiger partial charge on any atom is 0.259 e. The number of hydrogen-bond donors (Lipinski definition) is 1. The second-order valence-corrected chi connectivity index (χ2v) is 6.13. The van der Waals surface area contributed by atoms with Gasteiger partial charge in [0.25, 0.3) is 5.91 Å². The summed E-state index contributed by atoms with van der Waals surface area (Å²) in [5, 5.41) is 3.34. The van der Waals surface area contributed by atoms with Crippen molar-refractivity contribution < 1.29 is 9.53 Å². The Kier molecular flexibility index (Phi) is 5.07. The molecule has 2 aromatic rings. The summed E-state index contributed by atoms with van der Waals surface area (Å²) in [5.41, 5.74) is 1.05. The second-order valence-electron chi connectivity index (χ2n) is 3.92. The zero-order chi connectivity index (χ0) is 14.7. The van der Waals surface area contributed by atoms with E-state index >= 15 is 0 Å². The Morgan fingerprint density at radius 1 is 1.20 bits per heavy atom. The third-order valence-electron chi connectivity index (χ3n) is 2.58. The van der Waals surface area contributed by atoms with Crippen LogP contribution in [0.2, 0.25) is 5.02 Å². The van der Waals surface area contributed by atoms with Crippen LogP contribution in [-0.4, -0.2) is 13.0 Å². The zero-order valence-electron chi connectivity index (χ0n) is 10.4. The molecular formula is C14H10Br2ClNO2. The molecule has 0 bridgehead atoms. The van der Waals surface area contributed by atoms with Crippen LogP contribution < -0.4 is 10.1 Å². The third kappa shape index (κ3) is 3.53. The van der Waals surface area contributed by atoms with E-state index in [1.54, 1.807) is 36.4 Å². The Labute approximate surface area is 138 Å². The smallest absolute Gasteiger partial charge is 0.259 e. The van der Waals surface area contributed by atoms with Crippen LogP contribution in [0.15, 0.2) is 45.3 Å². The number of carbonyl (C=O) groups excluding carboxylic acids is 1. The van der Waals surface area contributed by atoms with Gasteiger partial charge in [-0.05, 0) is 52.3 Å². The van der Waals surface area contributed by atoms with E-state index in [4.69, 9.17) is 16.3 Å². The highest BCUT2D eigenvalue weighted by Crippen LogP contribution is 2.28. The van der Waals surface area contributed by atoms with Crippen LogP contribution in [0.5, 0.6) is 5.75 Å². The highest BCUT2D eigenvalue weighted by atomic mass is 79.9. The van der Waals surface area contributed by atoms with E-state index in [1.807, 2.05) is 0 Å².